The number of halogens is 2. The number of benzene rings is 1. The molecule has 0 spiro atoms. The average molecular weight is 279 g/mol. The van der Waals surface area contributed by atoms with E-state index in [1.807, 2.05) is 0 Å². The van der Waals surface area contributed by atoms with Gasteiger partial charge in [0.25, 0.3) is 0 Å². The lowest BCUT2D eigenvalue weighted by Crippen LogP contribution is -1.99. The van der Waals surface area contributed by atoms with E-state index >= 15 is 0 Å². The molecule has 14 heavy (non-hydrogen) atoms. The Balaban J connectivity index is 2.45. The minimum atomic E-state index is -0.270. The first-order valence-electron chi connectivity index (χ1n) is 4.31. The molecule has 1 aromatic carbocycles. The summed E-state index contributed by atoms with van der Waals surface area (Å²) in [5.74, 6) is 1.37. The quantitative estimate of drug-likeness (QED) is 0.760. The molecule has 0 atom stereocenters. The van der Waals surface area contributed by atoms with Gasteiger partial charge in [0.05, 0.1) is 11.1 Å². The van der Waals surface area contributed by atoms with E-state index in [0.717, 1.165) is 16.6 Å². The Labute approximate surface area is 96.2 Å². The second-order valence-electron chi connectivity index (χ2n) is 2.77. The van der Waals surface area contributed by atoms with Crippen LogP contribution in [0.15, 0.2) is 22.7 Å². The third-order valence-corrected chi connectivity index (χ3v) is 3.00. The minimum absolute atomic E-state index is 0.270. The summed E-state index contributed by atoms with van der Waals surface area (Å²) < 4.78 is 19.0. The molecule has 0 fully saturated rings. The molecule has 0 unspecified atom stereocenters. The second kappa shape index (κ2) is 6.30. The first-order valence-corrected chi connectivity index (χ1v) is 6.49. The summed E-state index contributed by atoms with van der Waals surface area (Å²) in [6, 6.07) is 4.45. The number of ether oxygens (including phenoxy) is 1. The highest BCUT2D eigenvalue weighted by atomic mass is 79.9. The number of rotatable bonds is 5. The molecule has 0 saturated carbocycles. The first-order chi connectivity index (χ1) is 6.74. The zero-order chi connectivity index (χ0) is 10.4. The molecule has 1 rings (SSSR count). The fourth-order valence-corrected chi connectivity index (χ4v) is 1.74. The van der Waals surface area contributed by atoms with Gasteiger partial charge in [0.15, 0.2) is 0 Å². The van der Waals surface area contributed by atoms with Crippen molar-refractivity contribution in [3.05, 3.63) is 28.5 Å². The molecule has 0 N–H and O–H groups in total. The molecule has 0 aliphatic rings. The zero-order valence-corrected chi connectivity index (χ0v) is 10.3. The molecule has 4 heteroatoms. The van der Waals surface area contributed by atoms with Gasteiger partial charge in [-0.2, -0.15) is 11.8 Å². The molecule has 78 valence electrons. The van der Waals surface area contributed by atoms with Gasteiger partial charge in [-0.15, -0.1) is 0 Å². The maximum absolute atomic E-state index is 12.8. The maximum atomic E-state index is 12.8. The van der Waals surface area contributed by atoms with Gasteiger partial charge < -0.3 is 4.74 Å². The Morgan fingerprint density at radius 1 is 1.50 bits per heavy atom. The van der Waals surface area contributed by atoms with Gasteiger partial charge in [-0.25, -0.2) is 4.39 Å². The van der Waals surface area contributed by atoms with Gasteiger partial charge in [0.1, 0.15) is 11.6 Å². The Morgan fingerprint density at radius 2 is 2.29 bits per heavy atom. The van der Waals surface area contributed by atoms with Crippen molar-refractivity contribution in [1.82, 2.24) is 0 Å². The van der Waals surface area contributed by atoms with E-state index < -0.39 is 0 Å². The van der Waals surface area contributed by atoms with Crippen LogP contribution in [0.4, 0.5) is 4.39 Å². The van der Waals surface area contributed by atoms with Gasteiger partial charge in [-0.1, -0.05) is 0 Å². The first kappa shape index (κ1) is 11.9. The summed E-state index contributed by atoms with van der Waals surface area (Å²) in [7, 11) is 0. The minimum Gasteiger partial charge on any atom is -0.492 e. The molecule has 0 saturated heterocycles. The normalized spacial score (nSPS) is 10.2. The molecule has 0 amide bonds. The molecule has 0 heterocycles. The van der Waals surface area contributed by atoms with E-state index in [1.165, 1.54) is 12.1 Å². The molecule has 0 aliphatic carbocycles. The molecule has 0 aliphatic heterocycles. The Hall–Kier alpha value is -0.220. The van der Waals surface area contributed by atoms with Crippen LogP contribution in [0, 0.1) is 5.82 Å². The van der Waals surface area contributed by atoms with Crippen molar-refractivity contribution in [2.24, 2.45) is 0 Å². The predicted octanol–water partition coefficient (Wildman–Crippen LogP) is 3.72. The summed E-state index contributed by atoms with van der Waals surface area (Å²) in [5, 5.41) is 0. The number of hydrogen-bond donors (Lipinski definition) is 0. The van der Waals surface area contributed by atoms with E-state index in [2.05, 4.69) is 22.2 Å². The van der Waals surface area contributed by atoms with Crippen molar-refractivity contribution in [1.29, 1.82) is 0 Å². The van der Waals surface area contributed by atoms with Crippen molar-refractivity contribution in [3.63, 3.8) is 0 Å². The molecular formula is C10H12BrFOS. The van der Waals surface area contributed by atoms with Crippen LogP contribution in [-0.4, -0.2) is 18.6 Å². The van der Waals surface area contributed by atoms with Gasteiger partial charge in [-0.05, 0) is 46.5 Å². The molecule has 0 bridgehead atoms. The van der Waals surface area contributed by atoms with E-state index in [0.29, 0.717) is 12.4 Å². The Morgan fingerprint density at radius 3 is 3.00 bits per heavy atom. The van der Waals surface area contributed by atoms with Crippen molar-refractivity contribution in [3.8, 4) is 5.75 Å². The van der Waals surface area contributed by atoms with E-state index in [9.17, 15) is 4.39 Å². The summed E-state index contributed by atoms with van der Waals surface area (Å²) in [4.78, 5) is 0. The number of hydrogen-bond acceptors (Lipinski definition) is 2. The van der Waals surface area contributed by atoms with E-state index in [1.54, 1.807) is 17.8 Å². The van der Waals surface area contributed by atoms with E-state index in [-0.39, 0.29) is 5.82 Å². The smallest absolute Gasteiger partial charge is 0.136 e. The Bertz CT molecular complexity index is 293. The van der Waals surface area contributed by atoms with Crippen molar-refractivity contribution in [2.45, 2.75) is 6.42 Å². The van der Waals surface area contributed by atoms with Crippen LogP contribution in [0.2, 0.25) is 0 Å². The van der Waals surface area contributed by atoms with Crippen LogP contribution in [0.3, 0.4) is 0 Å². The number of thioether (sulfide) groups is 1. The largest absolute Gasteiger partial charge is 0.492 e. The lowest BCUT2D eigenvalue weighted by atomic mass is 10.3. The third-order valence-electron chi connectivity index (χ3n) is 1.64. The molecule has 0 aromatic heterocycles. The van der Waals surface area contributed by atoms with Crippen LogP contribution >= 0.6 is 27.7 Å². The van der Waals surface area contributed by atoms with Crippen molar-refractivity contribution >= 4 is 27.7 Å². The lowest BCUT2D eigenvalue weighted by molar-refractivity contribution is 0.315. The second-order valence-corrected chi connectivity index (χ2v) is 4.61. The molecule has 1 nitrogen and oxygen atoms in total. The van der Waals surface area contributed by atoms with Crippen LogP contribution in [-0.2, 0) is 0 Å². The lowest BCUT2D eigenvalue weighted by Gasteiger charge is -2.07. The van der Waals surface area contributed by atoms with Gasteiger partial charge in [0, 0.05) is 6.07 Å². The third kappa shape index (κ3) is 3.88. The fourth-order valence-electron chi connectivity index (χ4n) is 0.973. The van der Waals surface area contributed by atoms with Crippen LogP contribution in [0.1, 0.15) is 6.42 Å². The average Bonchev–Trinajstić information content (AvgIpc) is 2.18. The van der Waals surface area contributed by atoms with Gasteiger partial charge in [-0.3, -0.25) is 0 Å². The molecular weight excluding hydrogens is 267 g/mol. The maximum Gasteiger partial charge on any atom is 0.136 e. The fraction of sp³-hybridized carbons (Fsp3) is 0.400. The van der Waals surface area contributed by atoms with Crippen molar-refractivity contribution in [2.75, 3.05) is 18.6 Å². The monoisotopic (exact) mass is 278 g/mol. The SMILES string of the molecule is CSCCCOc1cc(F)ccc1Br. The summed E-state index contributed by atoms with van der Waals surface area (Å²) in [6.45, 7) is 0.628. The highest BCUT2D eigenvalue weighted by Crippen LogP contribution is 2.25. The van der Waals surface area contributed by atoms with Crippen LogP contribution < -0.4 is 4.74 Å². The predicted molar refractivity (Wildman–Crippen MR) is 62.6 cm³/mol. The molecule has 0 radical (unpaired) electrons. The topological polar surface area (TPSA) is 9.23 Å². The van der Waals surface area contributed by atoms with Crippen molar-refractivity contribution < 1.29 is 9.13 Å². The summed E-state index contributed by atoms with van der Waals surface area (Å²) >= 11 is 5.08. The Kier molecular flexibility index (Phi) is 5.33. The molecule has 1 aromatic rings. The zero-order valence-electron chi connectivity index (χ0n) is 7.93. The van der Waals surface area contributed by atoms with Gasteiger partial charge in [0.2, 0.25) is 0 Å². The highest BCUT2D eigenvalue weighted by molar-refractivity contribution is 9.10. The standard InChI is InChI=1S/C10H12BrFOS/c1-14-6-2-5-13-10-7-8(12)3-4-9(10)11/h3-4,7H,2,5-6H2,1H3. The van der Waals surface area contributed by atoms with Crippen LogP contribution in [0.25, 0.3) is 0 Å². The highest BCUT2D eigenvalue weighted by Gasteiger charge is 2.02. The van der Waals surface area contributed by atoms with E-state index in [4.69, 9.17) is 4.74 Å². The van der Waals surface area contributed by atoms with Crippen LogP contribution in [0.5, 0.6) is 5.75 Å². The summed E-state index contributed by atoms with van der Waals surface area (Å²) in [6.07, 6.45) is 3.03. The summed E-state index contributed by atoms with van der Waals surface area (Å²) in [5.41, 5.74) is 0. The van der Waals surface area contributed by atoms with Gasteiger partial charge >= 0.3 is 0 Å².